The van der Waals surface area contributed by atoms with Crippen LogP contribution in [-0.4, -0.2) is 25.2 Å². The molecule has 0 radical (unpaired) electrons. The molecule has 0 heterocycles. The summed E-state index contributed by atoms with van der Waals surface area (Å²) in [5.74, 6) is -0.567. The Bertz CT molecular complexity index is 307. The van der Waals surface area contributed by atoms with E-state index < -0.39 is 0 Å². The smallest absolute Gasteiger partial charge is 0.309 e. The number of hydrogen-bond donors (Lipinski definition) is 0. The Morgan fingerprint density at radius 2 is 1.82 bits per heavy atom. The maximum Gasteiger partial charge on any atom is 0.309 e. The second-order valence-electron chi connectivity index (χ2n) is 5.44. The Morgan fingerprint density at radius 1 is 1.24 bits per heavy atom. The lowest BCUT2D eigenvalue weighted by Crippen LogP contribution is -2.15. The highest BCUT2D eigenvalue weighted by Crippen LogP contribution is 2.58. The monoisotopic (exact) mass is 242 g/mol. The van der Waals surface area contributed by atoms with E-state index in [-0.39, 0.29) is 35.1 Å². The predicted octanol–water partition coefficient (Wildman–Crippen LogP) is 2.02. The van der Waals surface area contributed by atoms with E-state index in [9.17, 15) is 9.59 Å². The number of carbonyl (C=O) groups excluding carboxylic acids is 2. The maximum atomic E-state index is 11.6. The van der Waals surface area contributed by atoms with E-state index >= 15 is 0 Å². The van der Waals surface area contributed by atoms with Gasteiger partial charge in [0.2, 0.25) is 0 Å². The summed E-state index contributed by atoms with van der Waals surface area (Å²) < 4.78 is 10.2. The molecule has 0 spiro atoms. The van der Waals surface area contributed by atoms with E-state index in [2.05, 4.69) is 0 Å². The SMILES string of the molecule is CCOC(=O)C1C(COC(=O)C(C)C)C1(C)C. The topological polar surface area (TPSA) is 52.6 Å². The molecule has 4 heteroatoms. The molecule has 0 amide bonds. The molecule has 1 aliphatic rings. The molecule has 2 atom stereocenters. The van der Waals surface area contributed by atoms with Gasteiger partial charge in [0.15, 0.2) is 0 Å². The maximum absolute atomic E-state index is 11.6. The van der Waals surface area contributed by atoms with Gasteiger partial charge in [0.05, 0.1) is 25.0 Å². The third-order valence-electron chi connectivity index (χ3n) is 3.47. The molecule has 2 unspecified atom stereocenters. The number of rotatable bonds is 5. The van der Waals surface area contributed by atoms with Crippen molar-refractivity contribution in [2.75, 3.05) is 13.2 Å². The molecule has 0 bridgehead atoms. The van der Waals surface area contributed by atoms with Crippen molar-refractivity contribution in [3.8, 4) is 0 Å². The van der Waals surface area contributed by atoms with Gasteiger partial charge in [0.1, 0.15) is 0 Å². The van der Waals surface area contributed by atoms with Gasteiger partial charge in [-0.05, 0) is 12.3 Å². The fourth-order valence-electron chi connectivity index (χ4n) is 2.09. The Hall–Kier alpha value is -1.06. The van der Waals surface area contributed by atoms with E-state index in [1.165, 1.54) is 0 Å². The largest absolute Gasteiger partial charge is 0.466 e. The first-order chi connectivity index (χ1) is 7.82. The summed E-state index contributed by atoms with van der Waals surface area (Å²) in [7, 11) is 0. The van der Waals surface area contributed by atoms with E-state index in [4.69, 9.17) is 9.47 Å². The van der Waals surface area contributed by atoms with E-state index in [1.54, 1.807) is 20.8 Å². The van der Waals surface area contributed by atoms with Gasteiger partial charge >= 0.3 is 11.9 Å². The van der Waals surface area contributed by atoms with Crippen LogP contribution >= 0.6 is 0 Å². The fourth-order valence-corrected chi connectivity index (χ4v) is 2.09. The normalized spacial score (nSPS) is 25.5. The summed E-state index contributed by atoms with van der Waals surface area (Å²) in [4.78, 5) is 23.0. The molecular weight excluding hydrogens is 220 g/mol. The number of ether oxygens (including phenoxy) is 2. The Morgan fingerprint density at radius 3 is 2.29 bits per heavy atom. The summed E-state index contributed by atoms with van der Waals surface area (Å²) in [5.41, 5.74) is -0.122. The summed E-state index contributed by atoms with van der Waals surface area (Å²) in [6, 6.07) is 0. The van der Waals surface area contributed by atoms with Gasteiger partial charge in [-0.3, -0.25) is 9.59 Å². The second-order valence-corrected chi connectivity index (χ2v) is 5.44. The molecule has 1 fully saturated rings. The van der Waals surface area contributed by atoms with Crippen LogP contribution in [-0.2, 0) is 19.1 Å². The molecule has 0 aromatic rings. The van der Waals surface area contributed by atoms with Crippen molar-refractivity contribution in [3.05, 3.63) is 0 Å². The molecular formula is C13H22O4. The highest BCUT2D eigenvalue weighted by atomic mass is 16.5. The molecule has 1 rings (SSSR count). The van der Waals surface area contributed by atoms with Crippen molar-refractivity contribution in [3.63, 3.8) is 0 Å². The summed E-state index contributed by atoms with van der Waals surface area (Å²) in [5, 5.41) is 0. The van der Waals surface area contributed by atoms with Gasteiger partial charge < -0.3 is 9.47 Å². The average molecular weight is 242 g/mol. The third-order valence-corrected chi connectivity index (χ3v) is 3.47. The molecule has 0 aromatic heterocycles. The summed E-state index contributed by atoms with van der Waals surface area (Å²) >= 11 is 0. The van der Waals surface area contributed by atoms with E-state index in [1.807, 2.05) is 13.8 Å². The molecule has 1 aliphatic carbocycles. The minimum atomic E-state index is -0.213. The van der Waals surface area contributed by atoms with Crippen LogP contribution in [0.5, 0.6) is 0 Å². The van der Waals surface area contributed by atoms with Crippen molar-refractivity contribution in [1.82, 2.24) is 0 Å². The van der Waals surface area contributed by atoms with Gasteiger partial charge in [-0.25, -0.2) is 0 Å². The number of hydrogen-bond acceptors (Lipinski definition) is 4. The van der Waals surface area contributed by atoms with Crippen molar-refractivity contribution in [2.45, 2.75) is 34.6 Å². The minimum Gasteiger partial charge on any atom is -0.466 e. The molecule has 4 nitrogen and oxygen atoms in total. The first-order valence-electron chi connectivity index (χ1n) is 6.15. The molecule has 0 aliphatic heterocycles. The van der Waals surface area contributed by atoms with Gasteiger partial charge in [-0.1, -0.05) is 27.7 Å². The minimum absolute atomic E-state index is 0.0873. The van der Waals surface area contributed by atoms with Crippen LogP contribution in [0.25, 0.3) is 0 Å². The van der Waals surface area contributed by atoms with Crippen LogP contribution in [0.1, 0.15) is 34.6 Å². The zero-order chi connectivity index (χ0) is 13.2. The zero-order valence-electron chi connectivity index (χ0n) is 11.3. The van der Waals surface area contributed by atoms with Crippen LogP contribution in [0.3, 0.4) is 0 Å². The highest BCUT2D eigenvalue weighted by molar-refractivity contribution is 5.78. The molecule has 1 saturated carbocycles. The molecule has 0 saturated heterocycles. The lowest BCUT2D eigenvalue weighted by molar-refractivity contribution is -0.150. The molecule has 17 heavy (non-hydrogen) atoms. The lowest BCUT2D eigenvalue weighted by atomic mass is 10.1. The van der Waals surface area contributed by atoms with Crippen LogP contribution in [0.15, 0.2) is 0 Å². The van der Waals surface area contributed by atoms with Crippen molar-refractivity contribution < 1.29 is 19.1 Å². The van der Waals surface area contributed by atoms with Gasteiger partial charge in [0, 0.05) is 5.92 Å². The lowest BCUT2D eigenvalue weighted by Gasteiger charge is -2.07. The van der Waals surface area contributed by atoms with Crippen molar-refractivity contribution in [2.24, 2.45) is 23.2 Å². The number of esters is 2. The Kier molecular flexibility index (Phi) is 4.17. The molecule has 0 N–H and O–H groups in total. The van der Waals surface area contributed by atoms with Crippen LogP contribution in [0, 0.1) is 23.2 Å². The zero-order valence-corrected chi connectivity index (χ0v) is 11.3. The average Bonchev–Trinajstić information content (AvgIpc) is 2.77. The Balaban J connectivity index is 2.46. The molecule has 98 valence electrons. The van der Waals surface area contributed by atoms with Gasteiger partial charge in [0.25, 0.3) is 0 Å². The van der Waals surface area contributed by atoms with Crippen molar-refractivity contribution >= 4 is 11.9 Å². The Labute approximate surface area is 103 Å². The quantitative estimate of drug-likeness (QED) is 0.692. The first-order valence-corrected chi connectivity index (χ1v) is 6.15. The van der Waals surface area contributed by atoms with Crippen LogP contribution < -0.4 is 0 Å². The predicted molar refractivity (Wildman–Crippen MR) is 63.2 cm³/mol. The van der Waals surface area contributed by atoms with E-state index in [0.717, 1.165) is 0 Å². The van der Waals surface area contributed by atoms with Crippen LogP contribution in [0.4, 0.5) is 0 Å². The number of carbonyl (C=O) groups is 2. The standard InChI is InChI=1S/C13H22O4/c1-6-16-12(15)10-9(13(10,4)5)7-17-11(14)8(2)3/h8-10H,6-7H2,1-5H3. The first kappa shape index (κ1) is 14.0. The second kappa shape index (κ2) is 5.07. The molecule has 0 aromatic carbocycles. The van der Waals surface area contributed by atoms with Gasteiger partial charge in [-0.15, -0.1) is 0 Å². The van der Waals surface area contributed by atoms with Crippen molar-refractivity contribution in [1.29, 1.82) is 0 Å². The summed E-state index contributed by atoms with van der Waals surface area (Å²) in [6.45, 7) is 10.1. The van der Waals surface area contributed by atoms with Crippen LogP contribution in [0.2, 0.25) is 0 Å². The summed E-state index contributed by atoms with van der Waals surface area (Å²) in [6.07, 6.45) is 0. The van der Waals surface area contributed by atoms with E-state index in [0.29, 0.717) is 13.2 Å². The third kappa shape index (κ3) is 2.99. The van der Waals surface area contributed by atoms with Gasteiger partial charge in [-0.2, -0.15) is 0 Å². The fraction of sp³-hybridized carbons (Fsp3) is 0.846. The highest BCUT2D eigenvalue weighted by Gasteiger charge is 2.63.